The second-order valence-corrected chi connectivity index (χ2v) is 7.55. The monoisotopic (exact) mass is 381 g/mol. The van der Waals surface area contributed by atoms with E-state index in [4.69, 9.17) is 0 Å². The van der Waals surface area contributed by atoms with Gasteiger partial charge in [-0.3, -0.25) is 4.79 Å². The van der Waals surface area contributed by atoms with Crippen LogP contribution >= 0.6 is 0 Å². The Bertz CT molecular complexity index is 797. The van der Waals surface area contributed by atoms with Gasteiger partial charge in [-0.05, 0) is 49.6 Å². The van der Waals surface area contributed by atoms with Crippen LogP contribution in [0.4, 0.5) is 11.5 Å². The van der Waals surface area contributed by atoms with Gasteiger partial charge >= 0.3 is 0 Å². The Morgan fingerprint density at radius 1 is 1.07 bits per heavy atom. The molecule has 6 nitrogen and oxygen atoms in total. The average molecular weight is 382 g/mol. The van der Waals surface area contributed by atoms with Crippen LogP contribution < -0.4 is 9.80 Å². The maximum Gasteiger partial charge on any atom is 0.274 e. The van der Waals surface area contributed by atoms with E-state index in [2.05, 4.69) is 59.0 Å². The highest BCUT2D eigenvalue weighted by Crippen LogP contribution is 2.24. The molecular weight excluding hydrogens is 350 g/mol. The summed E-state index contributed by atoms with van der Waals surface area (Å²) in [4.78, 5) is 19.1. The third-order valence-electron chi connectivity index (χ3n) is 5.59. The summed E-state index contributed by atoms with van der Waals surface area (Å²) in [6, 6.07) is 10.1. The molecule has 0 radical (unpaired) electrons. The van der Waals surface area contributed by atoms with Gasteiger partial charge in [-0.2, -0.15) is 0 Å². The number of benzene rings is 1. The van der Waals surface area contributed by atoms with E-state index in [9.17, 15) is 4.79 Å². The number of piperazine rings is 1. The molecule has 1 fully saturated rings. The smallest absolute Gasteiger partial charge is 0.274 e. The van der Waals surface area contributed by atoms with Gasteiger partial charge in [0.25, 0.3) is 5.91 Å². The van der Waals surface area contributed by atoms with Gasteiger partial charge in [-0.1, -0.05) is 25.5 Å². The summed E-state index contributed by atoms with van der Waals surface area (Å²) in [6.45, 7) is 10.5. The highest BCUT2D eigenvalue weighted by molar-refractivity contribution is 5.92. The third kappa shape index (κ3) is 4.43. The topological polar surface area (TPSA) is 52.6 Å². The van der Waals surface area contributed by atoms with Crippen molar-refractivity contribution in [3.8, 4) is 0 Å². The van der Waals surface area contributed by atoms with Crippen molar-refractivity contribution < 1.29 is 4.79 Å². The summed E-state index contributed by atoms with van der Waals surface area (Å²) in [5.74, 6) is 0.778. The molecule has 0 N–H and O–H groups in total. The lowest BCUT2D eigenvalue weighted by atomic mass is 10.1. The van der Waals surface area contributed by atoms with Crippen LogP contribution in [0.5, 0.6) is 0 Å². The number of rotatable bonds is 6. The standard InChI is InChI=1S/C22H31N5O/c1-5-6-12-25(4)21-11-10-19(23-24-21)22(28)27-15-13-26(14-16-27)20-9-7-8-17(2)18(20)3/h7-11H,5-6,12-16H2,1-4H3. The van der Waals surface area contributed by atoms with E-state index >= 15 is 0 Å². The number of anilines is 2. The van der Waals surface area contributed by atoms with Gasteiger partial charge in [0.05, 0.1) is 0 Å². The number of carbonyl (C=O) groups is 1. The van der Waals surface area contributed by atoms with E-state index in [1.165, 1.54) is 16.8 Å². The molecule has 1 aromatic carbocycles. The Morgan fingerprint density at radius 2 is 1.82 bits per heavy atom. The molecule has 1 saturated heterocycles. The number of nitrogens with zero attached hydrogens (tertiary/aromatic N) is 5. The van der Waals surface area contributed by atoms with Gasteiger partial charge in [-0.15, -0.1) is 10.2 Å². The first-order valence-corrected chi connectivity index (χ1v) is 10.2. The van der Waals surface area contributed by atoms with Crippen LogP contribution in [0, 0.1) is 13.8 Å². The maximum absolute atomic E-state index is 12.8. The van der Waals surface area contributed by atoms with Crippen LogP contribution in [0.1, 0.15) is 41.4 Å². The van der Waals surface area contributed by atoms with Crippen molar-refractivity contribution in [2.24, 2.45) is 0 Å². The quantitative estimate of drug-likeness (QED) is 0.768. The lowest BCUT2D eigenvalue weighted by molar-refractivity contribution is 0.0739. The lowest BCUT2D eigenvalue weighted by Gasteiger charge is -2.36. The predicted octanol–water partition coefficient (Wildman–Crippen LogP) is 3.29. The normalized spacial score (nSPS) is 14.3. The lowest BCUT2D eigenvalue weighted by Crippen LogP contribution is -2.49. The van der Waals surface area contributed by atoms with Gasteiger partial charge in [0.2, 0.25) is 0 Å². The fraction of sp³-hybridized carbons (Fsp3) is 0.500. The maximum atomic E-state index is 12.8. The molecule has 28 heavy (non-hydrogen) atoms. The molecule has 2 heterocycles. The molecule has 1 aromatic heterocycles. The summed E-state index contributed by atoms with van der Waals surface area (Å²) in [6.07, 6.45) is 2.26. The fourth-order valence-corrected chi connectivity index (χ4v) is 3.54. The van der Waals surface area contributed by atoms with Crippen molar-refractivity contribution in [1.82, 2.24) is 15.1 Å². The van der Waals surface area contributed by atoms with Crippen LogP contribution in [-0.4, -0.2) is 60.8 Å². The molecule has 0 saturated carbocycles. The number of aryl methyl sites for hydroxylation is 1. The molecule has 2 aromatic rings. The molecule has 1 aliphatic rings. The molecule has 3 rings (SSSR count). The zero-order valence-corrected chi connectivity index (χ0v) is 17.5. The highest BCUT2D eigenvalue weighted by Gasteiger charge is 2.24. The molecule has 0 bridgehead atoms. The summed E-state index contributed by atoms with van der Waals surface area (Å²) < 4.78 is 0. The number of hydrogen-bond donors (Lipinski definition) is 0. The van der Waals surface area contributed by atoms with Gasteiger partial charge < -0.3 is 14.7 Å². The number of aromatic nitrogens is 2. The summed E-state index contributed by atoms with van der Waals surface area (Å²) in [5.41, 5.74) is 4.31. The minimum Gasteiger partial charge on any atom is -0.368 e. The van der Waals surface area contributed by atoms with Crippen molar-refractivity contribution >= 4 is 17.4 Å². The second-order valence-electron chi connectivity index (χ2n) is 7.55. The van der Waals surface area contributed by atoms with Crippen molar-refractivity contribution in [2.75, 3.05) is 49.6 Å². The number of carbonyl (C=O) groups excluding carboxylic acids is 1. The van der Waals surface area contributed by atoms with Gasteiger partial charge in [0, 0.05) is 45.5 Å². The van der Waals surface area contributed by atoms with E-state index in [0.29, 0.717) is 18.8 Å². The molecule has 1 amide bonds. The Balaban J connectivity index is 1.60. The van der Waals surface area contributed by atoms with Crippen molar-refractivity contribution in [3.05, 3.63) is 47.2 Å². The molecule has 1 aliphatic heterocycles. The van der Waals surface area contributed by atoms with Gasteiger partial charge in [0.1, 0.15) is 0 Å². The summed E-state index contributed by atoms with van der Waals surface area (Å²) in [5, 5.41) is 8.44. The molecule has 6 heteroatoms. The second kappa shape index (κ2) is 9.04. The van der Waals surface area contributed by atoms with Crippen LogP contribution in [0.3, 0.4) is 0 Å². The Morgan fingerprint density at radius 3 is 2.46 bits per heavy atom. The van der Waals surface area contributed by atoms with E-state index in [1.54, 1.807) is 6.07 Å². The largest absolute Gasteiger partial charge is 0.368 e. The molecule has 0 aliphatic carbocycles. The number of unbranched alkanes of at least 4 members (excludes halogenated alkanes) is 1. The highest BCUT2D eigenvalue weighted by atomic mass is 16.2. The SMILES string of the molecule is CCCCN(C)c1ccc(C(=O)N2CCN(c3cccc(C)c3C)CC2)nn1. The van der Waals surface area contributed by atoms with E-state index in [0.717, 1.165) is 38.3 Å². The van der Waals surface area contributed by atoms with Crippen LogP contribution in [0.25, 0.3) is 0 Å². The van der Waals surface area contributed by atoms with E-state index in [-0.39, 0.29) is 5.91 Å². The van der Waals surface area contributed by atoms with Crippen LogP contribution in [-0.2, 0) is 0 Å². The zero-order valence-electron chi connectivity index (χ0n) is 17.5. The Labute approximate surface area is 168 Å². The molecular formula is C22H31N5O. The molecule has 0 unspecified atom stereocenters. The fourth-order valence-electron chi connectivity index (χ4n) is 3.54. The zero-order chi connectivity index (χ0) is 20.1. The van der Waals surface area contributed by atoms with Crippen molar-refractivity contribution in [3.63, 3.8) is 0 Å². The third-order valence-corrected chi connectivity index (χ3v) is 5.59. The molecule has 0 atom stereocenters. The summed E-state index contributed by atoms with van der Waals surface area (Å²) >= 11 is 0. The Hall–Kier alpha value is -2.63. The minimum atomic E-state index is -0.0316. The van der Waals surface area contributed by atoms with E-state index in [1.807, 2.05) is 18.0 Å². The van der Waals surface area contributed by atoms with Crippen LogP contribution in [0.2, 0.25) is 0 Å². The first-order chi connectivity index (χ1) is 13.5. The van der Waals surface area contributed by atoms with Crippen LogP contribution in [0.15, 0.2) is 30.3 Å². The number of amides is 1. The average Bonchev–Trinajstić information content (AvgIpc) is 2.73. The summed E-state index contributed by atoms with van der Waals surface area (Å²) in [7, 11) is 2.01. The number of hydrogen-bond acceptors (Lipinski definition) is 5. The first-order valence-electron chi connectivity index (χ1n) is 10.2. The molecule has 150 valence electrons. The predicted molar refractivity (Wildman–Crippen MR) is 114 cm³/mol. The Kier molecular flexibility index (Phi) is 6.49. The molecule has 0 spiro atoms. The van der Waals surface area contributed by atoms with Gasteiger partial charge in [-0.25, -0.2) is 0 Å². The van der Waals surface area contributed by atoms with Crippen molar-refractivity contribution in [1.29, 1.82) is 0 Å². The minimum absolute atomic E-state index is 0.0316. The van der Waals surface area contributed by atoms with E-state index < -0.39 is 0 Å². The first kappa shape index (κ1) is 20.1. The van der Waals surface area contributed by atoms with Gasteiger partial charge in [0.15, 0.2) is 11.5 Å². The van der Waals surface area contributed by atoms with Crippen molar-refractivity contribution in [2.45, 2.75) is 33.6 Å².